The molecule has 0 unspecified atom stereocenters. The van der Waals surface area contributed by atoms with Crippen LogP contribution in [-0.2, 0) is 0 Å². The summed E-state index contributed by atoms with van der Waals surface area (Å²) < 4.78 is 17.0. The van der Waals surface area contributed by atoms with Crippen LogP contribution in [0.3, 0.4) is 0 Å². The highest BCUT2D eigenvalue weighted by molar-refractivity contribution is 5.82. The summed E-state index contributed by atoms with van der Waals surface area (Å²) in [5.41, 5.74) is 8.98. The van der Waals surface area contributed by atoms with Crippen molar-refractivity contribution in [2.75, 3.05) is 19.8 Å². The second-order valence-electron chi connectivity index (χ2n) is 5.39. The molecule has 26 heavy (non-hydrogen) atoms. The lowest BCUT2D eigenvalue weighted by molar-refractivity contribution is 0.208. The molecule has 0 radical (unpaired) electrons. The number of hydrazone groups is 1. The van der Waals surface area contributed by atoms with Crippen molar-refractivity contribution in [3.05, 3.63) is 53.6 Å². The molecule has 0 saturated carbocycles. The standard InChI is InChI=1S/C19H23N3O4/c1-3-24-18-12-15(13-21-22-19(20)23)7-8-17(18)26-10-9-25-16-6-4-5-14(2)11-16/h4-8,11-13H,3,9-10H2,1-2H3,(H3,20,22,23). The van der Waals surface area contributed by atoms with Crippen LogP contribution in [0.15, 0.2) is 47.6 Å². The Balaban J connectivity index is 1.92. The quantitative estimate of drug-likeness (QED) is 0.410. The van der Waals surface area contributed by atoms with Gasteiger partial charge >= 0.3 is 6.03 Å². The Morgan fingerprint density at radius 3 is 2.65 bits per heavy atom. The smallest absolute Gasteiger partial charge is 0.332 e. The summed E-state index contributed by atoms with van der Waals surface area (Å²) in [6, 6.07) is 12.5. The molecule has 0 heterocycles. The van der Waals surface area contributed by atoms with Gasteiger partial charge in [0.25, 0.3) is 0 Å². The van der Waals surface area contributed by atoms with Crippen LogP contribution in [0.1, 0.15) is 18.1 Å². The first-order chi connectivity index (χ1) is 12.6. The average Bonchev–Trinajstić information content (AvgIpc) is 2.60. The maximum atomic E-state index is 10.6. The third kappa shape index (κ3) is 6.35. The molecule has 0 atom stereocenters. The molecule has 2 rings (SSSR count). The second kappa shape index (κ2) is 9.93. The van der Waals surface area contributed by atoms with Crippen LogP contribution in [-0.4, -0.2) is 32.1 Å². The van der Waals surface area contributed by atoms with E-state index in [1.807, 2.05) is 38.1 Å². The molecule has 0 fully saturated rings. The minimum Gasteiger partial charge on any atom is -0.490 e. The van der Waals surface area contributed by atoms with Gasteiger partial charge in [-0.15, -0.1) is 0 Å². The van der Waals surface area contributed by atoms with Gasteiger partial charge in [-0.25, -0.2) is 10.2 Å². The number of hydrogen-bond acceptors (Lipinski definition) is 5. The van der Waals surface area contributed by atoms with Crippen molar-refractivity contribution in [2.24, 2.45) is 10.8 Å². The fourth-order valence-corrected chi connectivity index (χ4v) is 2.18. The maximum Gasteiger partial charge on any atom is 0.332 e. The summed E-state index contributed by atoms with van der Waals surface area (Å²) >= 11 is 0. The molecule has 3 N–H and O–H groups in total. The van der Waals surface area contributed by atoms with Crippen molar-refractivity contribution >= 4 is 12.2 Å². The predicted molar refractivity (Wildman–Crippen MR) is 100 cm³/mol. The van der Waals surface area contributed by atoms with Gasteiger partial charge in [0.1, 0.15) is 19.0 Å². The SMILES string of the molecule is CCOc1cc(C=NNC(N)=O)ccc1OCCOc1cccc(C)c1. The number of carbonyl (C=O) groups excluding carboxylic acids is 1. The molecule has 0 saturated heterocycles. The molecule has 7 nitrogen and oxygen atoms in total. The van der Waals surface area contributed by atoms with Crippen molar-refractivity contribution < 1.29 is 19.0 Å². The van der Waals surface area contributed by atoms with E-state index in [2.05, 4.69) is 10.5 Å². The number of benzene rings is 2. The van der Waals surface area contributed by atoms with Crippen molar-refractivity contribution in [2.45, 2.75) is 13.8 Å². The number of urea groups is 1. The van der Waals surface area contributed by atoms with Crippen LogP contribution < -0.4 is 25.4 Å². The zero-order valence-electron chi connectivity index (χ0n) is 14.9. The lowest BCUT2D eigenvalue weighted by atomic mass is 10.2. The number of nitrogens with zero attached hydrogens (tertiary/aromatic N) is 1. The Hall–Kier alpha value is -3.22. The number of rotatable bonds is 9. The predicted octanol–water partition coefficient (Wildman–Crippen LogP) is 2.85. The van der Waals surface area contributed by atoms with Gasteiger partial charge in [0.15, 0.2) is 11.5 Å². The number of ether oxygens (including phenoxy) is 3. The minimum atomic E-state index is -0.722. The van der Waals surface area contributed by atoms with E-state index in [1.165, 1.54) is 6.21 Å². The molecule has 138 valence electrons. The Morgan fingerprint density at radius 1 is 1.12 bits per heavy atom. The lowest BCUT2D eigenvalue weighted by Gasteiger charge is -2.13. The zero-order chi connectivity index (χ0) is 18.8. The van der Waals surface area contributed by atoms with Crippen molar-refractivity contribution in [3.8, 4) is 17.2 Å². The van der Waals surface area contributed by atoms with Gasteiger partial charge in [0.2, 0.25) is 0 Å². The number of hydrogen-bond donors (Lipinski definition) is 2. The summed E-state index contributed by atoms with van der Waals surface area (Å²) in [5, 5.41) is 3.72. The van der Waals surface area contributed by atoms with Crippen LogP contribution in [0.25, 0.3) is 0 Å². The molecule has 2 aromatic carbocycles. The van der Waals surface area contributed by atoms with E-state index in [1.54, 1.807) is 18.2 Å². The summed E-state index contributed by atoms with van der Waals surface area (Å²) in [7, 11) is 0. The Labute approximate surface area is 152 Å². The highest BCUT2D eigenvalue weighted by Crippen LogP contribution is 2.28. The molecule has 2 aromatic rings. The molecule has 0 bridgehead atoms. The first-order valence-electron chi connectivity index (χ1n) is 8.26. The van der Waals surface area contributed by atoms with Crippen molar-refractivity contribution in [1.82, 2.24) is 5.43 Å². The molecule has 0 spiro atoms. The first kappa shape index (κ1) is 19.1. The van der Waals surface area contributed by atoms with Gasteiger partial charge in [0, 0.05) is 0 Å². The monoisotopic (exact) mass is 357 g/mol. The molecule has 7 heteroatoms. The van der Waals surface area contributed by atoms with Gasteiger partial charge in [-0.05, 0) is 55.3 Å². The van der Waals surface area contributed by atoms with Crippen LogP contribution >= 0.6 is 0 Å². The summed E-state index contributed by atoms with van der Waals surface area (Å²) in [5.74, 6) is 2.01. The number of primary amides is 1. The normalized spacial score (nSPS) is 10.5. The van der Waals surface area contributed by atoms with Crippen molar-refractivity contribution in [1.29, 1.82) is 0 Å². The van der Waals surface area contributed by atoms with Crippen molar-refractivity contribution in [3.63, 3.8) is 0 Å². The molecule has 2 amide bonds. The third-order valence-electron chi connectivity index (χ3n) is 3.26. The first-order valence-corrected chi connectivity index (χ1v) is 8.26. The van der Waals surface area contributed by atoms with Crippen LogP contribution in [0.2, 0.25) is 0 Å². The van der Waals surface area contributed by atoms with Gasteiger partial charge in [-0.3, -0.25) is 0 Å². The largest absolute Gasteiger partial charge is 0.490 e. The van der Waals surface area contributed by atoms with Gasteiger partial charge < -0.3 is 19.9 Å². The molecular weight excluding hydrogens is 334 g/mol. The van der Waals surface area contributed by atoms with Gasteiger partial charge in [-0.2, -0.15) is 5.10 Å². The average molecular weight is 357 g/mol. The summed E-state index contributed by atoms with van der Waals surface area (Å²) in [4.78, 5) is 10.6. The van der Waals surface area contributed by atoms with E-state index in [9.17, 15) is 4.79 Å². The number of aryl methyl sites for hydroxylation is 1. The maximum absolute atomic E-state index is 10.6. The fraction of sp³-hybridized carbons (Fsp3) is 0.263. The van der Waals surface area contributed by atoms with E-state index in [4.69, 9.17) is 19.9 Å². The van der Waals surface area contributed by atoms with Gasteiger partial charge in [0.05, 0.1) is 12.8 Å². The number of carbonyl (C=O) groups is 1. The number of nitrogens with two attached hydrogens (primary N) is 1. The molecule has 0 aliphatic rings. The van der Waals surface area contributed by atoms with Gasteiger partial charge in [-0.1, -0.05) is 12.1 Å². The van der Waals surface area contributed by atoms with E-state index in [0.29, 0.717) is 31.3 Å². The topological polar surface area (TPSA) is 95.2 Å². The van der Waals surface area contributed by atoms with E-state index >= 15 is 0 Å². The third-order valence-corrected chi connectivity index (χ3v) is 3.26. The van der Waals surface area contributed by atoms with E-state index in [-0.39, 0.29) is 0 Å². The van der Waals surface area contributed by atoms with Crippen LogP contribution in [0.5, 0.6) is 17.2 Å². The summed E-state index contributed by atoms with van der Waals surface area (Å²) in [6.45, 7) is 5.20. The Kier molecular flexibility index (Phi) is 7.30. The Morgan fingerprint density at radius 2 is 1.92 bits per heavy atom. The molecule has 0 aliphatic heterocycles. The van der Waals surface area contributed by atoms with E-state index < -0.39 is 6.03 Å². The molecule has 0 aromatic heterocycles. The zero-order valence-corrected chi connectivity index (χ0v) is 14.9. The number of amides is 2. The lowest BCUT2D eigenvalue weighted by Crippen LogP contribution is -2.24. The minimum absolute atomic E-state index is 0.380. The highest BCUT2D eigenvalue weighted by Gasteiger charge is 2.06. The molecule has 0 aliphatic carbocycles. The second-order valence-corrected chi connectivity index (χ2v) is 5.39. The fourth-order valence-electron chi connectivity index (χ4n) is 2.18. The summed E-state index contributed by atoms with van der Waals surface area (Å²) in [6.07, 6.45) is 1.47. The molecular formula is C19H23N3O4. The van der Waals surface area contributed by atoms with Crippen LogP contribution in [0, 0.1) is 6.92 Å². The highest BCUT2D eigenvalue weighted by atomic mass is 16.5. The number of nitrogens with one attached hydrogen (secondary N) is 1. The van der Waals surface area contributed by atoms with E-state index in [0.717, 1.165) is 16.9 Å². The van der Waals surface area contributed by atoms with Crippen LogP contribution in [0.4, 0.5) is 4.79 Å². The Bertz CT molecular complexity index is 762.